The summed E-state index contributed by atoms with van der Waals surface area (Å²) >= 11 is 0. The van der Waals surface area contributed by atoms with Gasteiger partial charge in [0.15, 0.2) is 6.10 Å². The molecule has 0 heterocycles. The van der Waals surface area contributed by atoms with Crippen molar-refractivity contribution in [1.29, 1.82) is 0 Å². The summed E-state index contributed by atoms with van der Waals surface area (Å²) in [5.74, 6) is 29.3. The van der Waals surface area contributed by atoms with E-state index in [1.54, 1.807) is 0 Å². The molecule has 0 aliphatic heterocycles. The maximum absolute atomic E-state index is 12.0. The van der Waals surface area contributed by atoms with Crippen molar-refractivity contribution in [2.24, 2.45) is 0 Å². The van der Waals surface area contributed by atoms with E-state index in [0.29, 0.717) is 0 Å². The molecule has 0 radical (unpaired) electrons. The average Bonchev–Trinajstić information content (AvgIpc) is 2.90. The van der Waals surface area contributed by atoms with E-state index in [4.69, 9.17) is 15.9 Å². The minimum atomic E-state index is -0.929. The van der Waals surface area contributed by atoms with Gasteiger partial charge in [0.05, 0.1) is 6.61 Å². The quantitative estimate of drug-likeness (QED) is 0.152. The van der Waals surface area contributed by atoms with E-state index < -0.39 is 24.6 Å². The van der Waals surface area contributed by atoms with Crippen LogP contribution in [0, 0.1) is 83.4 Å². The third kappa shape index (κ3) is 24.7. The summed E-state index contributed by atoms with van der Waals surface area (Å²) in [5, 5.41) is 9.36. The van der Waals surface area contributed by atoms with Gasteiger partial charge in [-0.3, -0.25) is 4.79 Å². The lowest BCUT2D eigenvalue weighted by atomic mass is 10.1. The minimum absolute atomic E-state index is 0.273. The number of hydrogen-bond acceptors (Lipinski definition) is 5. The highest BCUT2D eigenvalue weighted by Crippen LogP contribution is 2.12. The van der Waals surface area contributed by atoms with Crippen molar-refractivity contribution in [3.8, 4) is 83.4 Å². The highest BCUT2D eigenvalue weighted by molar-refractivity contribution is 5.89. The molecule has 1 N–H and O–H groups in total. The Balaban J connectivity index is 4.05. The largest absolute Gasteiger partial charge is 0.456 e. The molecule has 1 atom stereocenters. The van der Waals surface area contributed by atoms with Gasteiger partial charge >= 0.3 is 11.9 Å². The van der Waals surface area contributed by atoms with Gasteiger partial charge in [-0.15, -0.1) is 6.42 Å². The number of aliphatic hydroxyl groups is 1. The molecule has 0 aromatic carbocycles. The van der Waals surface area contributed by atoms with Crippen LogP contribution < -0.4 is 0 Å². The fourth-order valence-corrected chi connectivity index (χ4v) is 2.91. The van der Waals surface area contributed by atoms with Crippen LogP contribution in [0.3, 0.4) is 0 Å². The Morgan fingerprint density at radius 1 is 0.703 bits per heavy atom. The van der Waals surface area contributed by atoms with E-state index in [1.165, 1.54) is 51.4 Å². The van der Waals surface area contributed by atoms with E-state index >= 15 is 0 Å². The lowest BCUT2D eigenvalue weighted by Gasteiger charge is -2.14. The average molecular weight is 499 g/mol. The Morgan fingerprint density at radius 3 is 1.65 bits per heavy atom. The van der Waals surface area contributed by atoms with Crippen molar-refractivity contribution in [1.82, 2.24) is 0 Å². The van der Waals surface area contributed by atoms with Crippen LogP contribution in [0.1, 0.15) is 84.0 Å². The Hall–Kier alpha value is -4.18. The molecule has 0 bridgehead atoms. The highest BCUT2D eigenvalue weighted by Gasteiger charge is 2.15. The monoisotopic (exact) mass is 498 g/mol. The maximum Gasteiger partial charge on any atom is 0.385 e. The number of unbranched alkanes of at least 4 members (excludes halogenated alkanes) is 10. The molecule has 0 fully saturated rings. The predicted molar refractivity (Wildman–Crippen MR) is 144 cm³/mol. The first-order chi connectivity index (χ1) is 18.1. The number of carbonyl (C=O) groups is 2. The van der Waals surface area contributed by atoms with Crippen molar-refractivity contribution < 1.29 is 24.2 Å². The standard InChI is InChI=1S/C32H34O5/c1-3-5-7-9-11-13-15-17-18-20-22-24-26-31(34)36-29-30(28-33)37-32(35)27-25-23-21-19-16-14-12-10-8-6-4-2/h1,30,33H,4,6,8,10,12,14,16,19,21,23,25,27-29H2,2H3/t30-/m0/s1. The van der Waals surface area contributed by atoms with Crippen LogP contribution in [0.15, 0.2) is 0 Å². The Labute approximate surface area is 222 Å². The van der Waals surface area contributed by atoms with Crippen LogP contribution in [0.5, 0.6) is 0 Å². The maximum atomic E-state index is 12.0. The molecule has 0 rings (SSSR count). The highest BCUT2D eigenvalue weighted by atomic mass is 16.6. The number of rotatable bonds is 16. The minimum Gasteiger partial charge on any atom is -0.456 e. The van der Waals surface area contributed by atoms with Crippen LogP contribution in [-0.2, 0) is 19.1 Å². The summed E-state index contributed by atoms with van der Waals surface area (Å²) in [5.41, 5.74) is 0. The second kappa shape index (κ2) is 26.4. The molecule has 0 spiro atoms. The van der Waals surface area contributed by atoms with Gasteiger partial charge in [-0.05, 0) is 77.5 Å². The molecule has 37 heavy (non-hydrogen) atoms. The van der Waals surface area contributed by atoms with Crippen molar-refractivity contribution in [3.05, 3.63) is 0 Å². The first kappa shape index (κ1) is 32.8. The van der Waals surface area contributed by atoms with E-state index in [2.05, 4.69) is 83.9 Å². The molecule has 0 aliphatic carbocycles. The third-order valence-corrected chi connectivity index (χ3v) is 4.75. The Kier molecular flexibility index (Phi) is 23.4. The fourth-order valence-electron chi connectivity index (χ4n) is 2.91. The van der Waals surface area contributed by atoms with Crippen molar-refractivity contribution in [3.63, 3.8) is 0 Å². The van der Waals surface area contributed by atoms with Gasteiger partial charge in [0.2, 0.25) is 0 Å². The summed E-state index contributed by atoms with van der Waals surface area (Å²) in [4.78, 5) is 23.6. The first-order valence-corrected chi connectivity index (χ1v) is 12.6. The molecule has 0 amide bonds. The molecule has 5 nitrogen and oxygen atoms in total. The fraction of sp³-hybridized carbons (Fsp3) is 0.500. The van der Waals surface area contributed by atoms with Gasteiger partial charge in [0, 0.05) is 12.3 Å². The lowest BCUT2D eigenvalue weighted by molar-refractivity contribution is -0.159. The summed E-state index contributed by atoms with van der Waals surface area (Å²) in [6.07, 6.45) is 17.4. The van der Waals surface area contributed by atoms with Crippen molar-refractivity contribution >= 4 is 11.9 Å². The lowest BCUT2D eigenvalue weighted by Crippen LogP contribution is -2.28. The summed E-state index contributed by atoms with van der Waals surface area (Å²) < 4.78 is 10.1. The zero-order valence-electron chi connectivity index (χ0n) is 21.6. The summed E-state index contributed by atoms with van der Waals surface area (Å²) in [6.45, 7) is 1.48. The molecule has 0 aromatic heterocycles. The molecular formula is C32H34O5. The molecule has 0 aliphatic rings. The van der Waals surface area contributed by atoms with Gasteiger partial charge in [-0.2, -0.15) is 0 Å². The van der Waals surface area contributed by atoms with E-state index in [1.807, 2.05) is 0 Å². The summed E-state index contributed by atoms with van der Waals surface area (Å²) in [6, 6.07) is 0. The van der Waals surface area contributed by atoms with Crippen molar-refractivity contribution in [2.75, 3.05) is 13.2 Å². The molecule has 0 unspecified atom stereocenters. The smallest absolute Gasteiger partial charge is 0.385 e. The van der Waals surface area contributed by atoms with Gasteiger partial charge < -0.3 is 14.6 Å². The molecule has 192 valence electrons. The number of esters is 2. The Bertz CT molecular complexity index is 1100. The Morgan fingerprint density at radius 2 is 1.16 bits per heavy atom. The number of ether oxygens (including phenoxy) is 2. The van der Waals surface area contributed by atoms with Crippen LogP contribution in [-0.4, -0.2) is 36.4 Å². The SMILES string of the molecule is C#CC#CC#CC#CC#CC#CC#CC(=O)OC[C@H](CO)OC(=O)CCCCCCCCCCCCC. The van der Waals surface area contributed by atoms with Gasteiger partial charge in [-0.1, -0.05) is 71.1 Å². The van der Waals surface area contributed by atoms with Crippen LogP contribution in [0.2, 0.25) is 0 Å². The molecule has 0 aromatic rings. The van der Waals surface area contributed by atoms with Gasteiger partial charge in [0.1, 0.15) is 6.61 Å². The zero-order valence-corrected chi connectivity index (χ0v) is 21.6. The number of hydrogen-bond donors (Lipinski definition) is 1. The molecule has 0 saturated carbocycles. The normalized spacial score (nSPS) is 9.11. The van der Waals surface area contributed by atoms with Crippen molar-refractivity contribution in [2.45, 2.75) is 90.1 Å². The summed E-state index contributed by atoms with van der Waals surface area (Å²) in [7, 11) is 0. The zero-order chi connectivity index (χ0) is 27.2. The van der Waals surface area contributed by atoms with Crippen LogP contribution >= 0.6 is 0 Å². The van der Waals surface area contributed by atoms with E-state index in [9.17, 15) is 14.7 Å². The topological polar surface area (TPSA) is 72.8 Å². The van der Waals surface area contributed by atoms with Crippen LogP contribution in [0.25, 0.3) is 0 Å². The van der Waals surface area contributed by atoms with Gasteiger partial charge in [-0.25, -0.2) is 4.79 Å². The molecule has 0 saturated heterocycles. The first-order valence-electron chi connectivity index (χ1n) is 12.6. The predicted octanol–water partition coefficient (Wildman–Crippen LogP) is 3.79. The molecular weight excluding hydrogens is 464 g/mol. The third-order valence-electron chi connectivity index (χ3n) is 4.75. The number of carbonyl (C=O) groups excluding carboxylic acids is 2. The van der Waals surface area contributed by atoms with E-state index in [-0.39, 0.29) is 13.0 Å². The van der Waals surface area contributed by atoms with Gasteiger partial charge in [0.25, 0.3) is 0 Å². The van der Waals surface area contributed by atoms with Crippen LogP contribution in [0.4, 0.5) is 0 Å². The second-order valence-corrected chi connectivity index (χ2v) is 7.82. The number of terminal acetylenes is 1. The second-order valence-electron chi connectivity index (χ2n) is 7.82. The van der Waals surface area contributed by atoms with E-state index in [0.717, 1.165) is 19.3 Å². The molecule has 5 heteroatoms. The number of aliphatic hydroxyl groups excluding tert-OH is 1.